The lowest BCUT2D eigenvalue weighted by Gasteiger charge is -2.36. The minimum atomic E-state index is -4.33. The second kappa shape index (κ2) is 8.66. The highest BCUT2D eigenvalue weighted by atomic mass is 32.2. The van der Waals surface area contributed by atoms with Gasteiger partial charge in [0.25, 0.3) is 10.0 Å². The Kier molecular flexibility index (Phi) is 5.97. The molecule has 1 unspecified atom stereocenters. The fourth-order valence-corrected chi connectivity index (χ4v) is 5.29. The van der Waals surface area contributed by atoms with Crippen LogP contribution >= 0.6 is 11.5 Å². The van der Waals surface area contributed by atoms with Crippen molar-refractivity contribution in [3.05, 3.63) is 59.7 Å². The molecule has 4 rings (SSSR count). The van der Waals surface area contributed by atoms with Gasteiger partial charge in [-0.2, -0.15) is 14.6 Å². The first kappa shape index (κ1) is 20.7. The number of likely N-dealkylation sites (tertiary alicyclic amines) is 1. The fraction of sp³-hybridized carbons (Fsp3) is 0.333. The molecule has 12 heteroatoms. The van der Waals surface area contributed by atoms with Crippen LogP contribution in [0.25, 0.3) is 0 Å². The third kappa shape index (κ3) is 4.45. The van der Waals surface area contributed by atoms with Crippen molar-refractivity contribution < 1.29 is 17.2 Å². The second-order valence-electron chi connectivity index (χ2n) is 6.88. The number of nitrogens with one attached hydrogen (secondary N) is 1. The topological polar surface area (TPSA) is 101 Å². The van der Waals surface area contributed by atoms with Gasteiger partial charge in [0.05, 0.1) is 6.20 Å². The summed E-state index contributed by atoms with van der Waals surface area (Å²) in [5, 5.41) is 7.67. The lowest BCUT2D eigenvalue weighted by atomic mass is 9.96. The lowest BCUT2D eigenvalue weighted by Crippen LogP contribution is -2.33. The number of aromatic nitrogens is 4. The Hall–Kier alpha value is -2.57. The summed E-state index contributed by atoms with van der Waals surface area (Å²) in [5.74, 6) is -1.81. The summed E-state index contributed by atoms with van der Waals surface area (Å²) in [6, 6.07) is 3.53. The van der Waals surface area contributed by atoms with Gasteiger partial charge in [0, 0.05) is 35.9 Å². The molecular formula is C18H18F2N6O2S2. The molecule has 1 N–H and O–H groups in total. The molecule has 1 saturated heterocycles. The van der Waals surface area contributed by atoms with Crippen LogP contribution in [0, 0.1) is 11.6 Å². The van der Waals surface area contributed by atoms with Crippen LogP contribution in [0.3, 0.4) is 0 Å². The van der Waals surface area contributed by atoms with Crippen molar-refractivity contribution >= 4 is 26.7 Å². The van der Waals surface area contributed by atoms with E-state index in [4.69, 9.17) is 0 Å². The van der Waals surface area contributed by atoms with Crippen molar-refractivity contribution in [1.82, 2.24) is 24.5 Å². The Morgan fingerprint density at radius 2 is 2.07 bits per heavy atom. The number of benzene rings is 1. The molecule has 0 radical (unpaired) electrons. The normalized spacial score (nSPS) is 17.7. The average molecular weight is 453 g/mol. The minimum Gasteiger partial charge on any atom is -0.292 e. The van der Waals surface area contributed by atoms with Crippen LogP contribution in [0.4, 0.5) is 13.9 Å². The van der Waals surface area contributed by atoms with Gasteiger partial charge in [-0.15, -0.1) is 0 Å². The molecule has 0 saturated carbocycles. The molecule has 1 aliphatic rings. The number of hydrogen-bond donors (Lipinski definition) is 1. The van der Waals surface area contributed by atoms with Gasteiger partial charge in [-0.1, -0.05) is 6.42 Å². The maximum absolute atomic E-state index is 14.8. The SMILES string of the molecule is O=S(=O)(Nc1ncns1)c1cc(F)c(CN2CCCCC2c2ccnnc2)cc1F. The molecule has 3 heterocycles. The van der Waals surface area contributed by atoms with E-state index in [-0.39, 0.29) is 23.3 Å². The summed E-state index contributed by atoms with van der Waals surface area (Å²) < 4.78 is 60.1. The Bertz CT molecular complexity index is 1110. The summed E-state index contributed by atoms with van der Waals surface area (Å²) in [6.45, 7) is 0.868. The summed E-state index contributed by atoms with van der Waals surface area (Å²) in [6.07, 6.45) is 7.28. The van der Waals surface area contributed by atoms with Gasteiger partial charge >= 0.3 is 0 Å². The molecule has 2 aromatic heterocycles. The summed E-state index contributed by atoms with van der Waals surface area (Å²) in [7, 11) is -4.33. The number of nitrogens with zero attached hydrogens (tertiary/aromatic N) is 5. The van der Waals surface area contributed by atoms with Gasteiger partial charge < -0.3 is 0 Å². The van der Waals surface area contributed by atoms with Crippen LogP contribution in [-0.4, -0.2) is 39.4 Å². The third-order valence-electron chi connectivity index (χ3n) is 4.95. The Morgan fingerprint density at radius 3 is 2.80 bits per heavy atom. The van der Waals surface area contributed by atoms with Crippen LogP contribution in [0.2, 0.25) is 0 Å². The molecule has 0 bridgehead atoms. The zero-order chi connectivity index (χ0) is 21.1. The Morgan fingerprint density at radius 1 is 1.20 bits per heavy atom. The van der Waals surface area contributed by atoms with Gasteiger partial charge in [-0.3, -0.25) is 9.62 Å². The summed E-state index contributed by atoms with van der Waals surface area (Å²) >= 11 is 0.795. The quantitative estimate of drug-likeness (QED) is 0.613. The Balaban J connectivity index is 1.58. The van der Waals surface area contributed by atoms with Crippen molar-refractivity contribution in [3.63, 3.8) is 0 Å². The van der Waals surface area contributed by atoms with E-state index < -0.39 is 26.6 Å². The molecule has 30 heavy (non-hydrogen) atoms. The van der Waals surface area contributed by atoms with E-state index in [0.717, 1.165) is 48.8 Å². The highest BCUT2D eigenvalue weighted by Crippen LogP contribution is 2.32. The number of rotatable bonds is 6. The first-order valence-corrected chi connectivity index (χ1v) is 11.5. The van der Waals surface area contributed by atoms with E-state index in [1.165, 1.54) is 0 Å². The molecule has 1 atom stereocenters. The largest absolute Gasteiger partial charge is 0.292 e. The molecule has 8 nitrogen and oxygen atoms in total. The van der Waals surface area contributed by atoms with Crippen molar-refractivity contribution in [2.75, 3.05) is 11.3 Å². The number of hydrogen-bond acceptors (Lipinski definition) is 8. The summed E-state index contributed by atoms with van der Waals surface area (Å²) in [4.78, 5) is 4.97. The number of piperidine rings is 1. The molecule has 1 aliphatic heterocycles. The van der Waals surface area contributed by atoms with E-state index >= 15 is 0 Å². The second-order valence-corrected chi connectivity index (χ2v) is 9.31. The van der Waals surface area contributed by atoms with Crippen LogP contribution in [-0.2, 0) is 16.6 Å². The molecule has 1 aromatic carbocycles. The van der Waals surface area contributed by atoms with E-state index in [1.54, 1.807) is 12.4 Å². The first-order valence-electron chi connectivity index (χ1n) is 9.22. The molecule has 0 aliphatic carbocycles. The van der Waals surface area contributed by atoms with Gasteiger partial charge in [0.15, 0.2) is 0 Å². The van der Waals surface area contributed by atoms with Gasteiger partial charge in [0.1, 0.15) is 22.9 Å². The maximum atomic E-state index is 14.8. The maximum Gasteiger partial charge on any atom is 0.266 e. The third-order valence-corrected chi connectivity index (χ3v) is 7.02. The van der Waals surface area contributed by atoms with Crippen molar-refractivity contribution in [2.24, 2.45) is 0 Å². The smallest absolute Gasteiger partial charge is 0.266 e. The standard InChI is InChI=1S/C18H18F2N6O2S2/c19-14-8-17(30(27,28)25-18-21-11-24-29-18)15(20)7-13(14)10-26-6-2-1-3-16(26)12-4-5-22-23-9-12/h4-5,7-9,11,16H,1-3,6,10H2,(H,21,24,25). The fourth-order valence-electron chi connectivity index (χ4n) is 3.56. The summed E-state index contributed by atoms with van der Waals surface area (Å²) in [5.41, 5.74) is 1.06. The van der Waals surface area contributed by atoms with E-state index in [9.17, 15) is 17.2 Å². The van der Waals surface area contributed by atoms with E-state index in [1.807, 2.05) is 11.0 Å². The van der Waals surface area contributed by atoms with Crippen LogP contribution in [0.1, 0.15) is 36.4 Å². The van der Waals surface area contributed by atoms with Gasteiger partial charge in [-0.25, -0.2) is 22.2 Å². The molecule has 1 fully saturated rings. The predicted molar refractivity (Wildman–Crippen MR) is 106 cm³/mol. The lowest BCUT2D eigenvalue weighted by molar-refractivity contribution is 0.138. The van der Waals surface area contributed by atoms with Crippen LogP contribution in [0.15, 0.2) is 41.8 Å². The monoisotopic (exact) mass is 452 g/mol. The zero-order valence-corrected chi connectivity index (χ0v) is 17.3. The van der Waals surface area contributed by atoms with Gasteiger partial charge in [0.2, 0.25) is 5.13 Å². The predicted octanol–water partition coefficient (Wildman–Crippen LogP) is 3.13. The Labute approximate surface area is 176 Å². The molecule has 0 amide bonds. The highest BCUT2D eigenvalue weighted by Gasteiger charge is 2.27. The number of sulfonamides is 1. The van der Waals surface area contributed by atoms with Crippen LogP contribution in [0.5, 0.6) is 0 Å². The average Bonchev–Trinajstić information content (AvgIpc) is 3.23. The minimum absolute atomic E-state index is 0.0131. The van der Waals surface area contributed by atoms with E-state index in [0.29, 0.717) is 12.6 Å². The van der Waals surface area contributed by atoms with Gasteiger partial charge in [-0.05, 0) is 43.1 Å². The zero-order valence-electron chi connectivity index (χ0n) is 15.7. The molecular weight excluding hydrogens is 434 g/mol. The number of halogens is 2. The van der Waals surface area contributed by atoms with Crippen molar-refractivity contribution in [2.45, 2.75) is 36.7 Å². The van der Waals surface area contributed by atoms with Crippen molar-refractivity contribution in [1.29, 1.82) is 0 Å². The molecule has 0 spiro atoms. The number of anilines is 1. The van der Waals surface area contributed by atoms with Crippen molar-refractivity contribution in [3.8, 4) is 0 Å². The van der Waals surface area contributed by atoms with Crippen LogP contribution < -0.4 is 4.72 Å². The van der Waals surface area contributed by atoms with E-state index in [2.05, 4.69) is 24.3 Å². The first-order chi connectivity index (χ1) is 14.4. The highest BCUT2D eigenvalue weighted by molar-refractivity contribution is 7.93. The molecule has 3 aromatic rings. The molecule has 158 valence electrons.